The molecule has 0 amide bonds. The van der Waals surface area contributed by atoms with Gasteiger partial charge in [0, 0.05) is 0 Å². The molecule has 0 saturated heterocycles. The summed E-state index contributed by atoms with van der Waals surface area (Å²) < 4.78 is 1.98. The first-order valence-electron chi connectivity index (χ1n) is 7.34. The summed E-state index contributed by atoms with van der Waals surface area (Å²) in [6.45, 7) is 10.00. The van der Waals surface area contributed by atoms with Crippen LogP contribution in [0.1, 0.15) is 42.7 Å². The predicted molar refractivity (Wildman–Crippen MR) is 81.7 cm³/mol. The monoisotopic (exact) mass is 272 g/mol. The summed E-state index contributed by atoms with van der Waals surface area (Å²) in [7, 11) is 0. The lowest BCUT2D eigenvalue weighted by atomic mass is 10.0. The van der Waals surface area contributed by atoms with Gasteiger partial charge in [-0.2, -0.15) is 5.10 Å². The van der Waals surface area contributed by atoms with Crippen LogP contribution in [-0.2, 0) is 13.0 Å². The molecule has 20 heavy (non-hydrogen) atoms. The Labute approximate surface area is 121 Å². The van der Waals surface area contributed by atoms with E-state index in [1.54, 1.807) is 0 Å². The van der Waals surface area contributed by atoms with Crippen molar-refractivity contribution in [1.29, 1.82) is 0 Å². The molecule has 0 aliphatic heterocycles. The van der Waals surface area contributed by atoms with Crippen molar-refractivity contribution < 1.29 is 0 Å². The zero-order valence-corrected chi connectivity index (χ0v) is 12.8. The van der Waals surface area contributed by atoms with Gasteiger partial charge in [0.1, 0.15) is 11.6 Å². The summed E-state index contributed by atoms with van der Waals surface area (Å²) in [6, 6.07) is 9.11. The Morgan fingerprint density at radius 1 is 1.15 bits per heavy atom. The number of aryl methyl sites for hydroxylation is 3. The van der Waals surface area contributed by atoms with Crippen molar-refractivity contribution in [2.75, 3.05) is 6.54 Å². The van der Waals surface area contributed by atoms with Crippen LogP contribution in [0, 0.1) is 13.8 Å². The van der Waals surface area contributed by atoms with Gasteiger partial charge in [0.25, 0.3) is 0 Å². The predicted octanol–water partition coefficient (Wildman–Crippen LogP) is 2.81. The number of benzene rings is 1. The molecule has 108 valence electrons. The highest BCUT2D eigenvalue weighted by Crippen LogP contribution is 2.17. The third kappa shape index (κ3) is 3.45. The van der Waals surface area contributed by atoms with Gasteiger partial charge in [-0.3, -0.25) is 0 Å². The van der Waals surface area contributed by atoms with Crippen molar-refractivity contribution in [3.63, 3.8) is 0 Å². The maximum absolute atomic E-state index is 4.46. The number of aromatic nitrogens is 3. The summed E-state index contributed by atoms with van der Waals surface area (Å²) >= 11 is 0. The van der Waals surface area contributed by atoms with E-state index in [2.05, 4.69) is 53.5 Å². The van der Waals surface area contributed by atoms with E-state index in [-0.39, 0.29) is 6.04 Å². The number of rotatable bonds is 6. The fraction of sp³-hybridized carbons (Fsp3) is 0.500. The van der Waals surface area contributed by atoms with Crippen molar-refractivity contribution in [2.24, 2.45) is 0 Å². The Morgan fingerprint density at radius 3 is 2.35 bits per heavy atom. The lowest BCUT2D eigenvalue weighted by molar-refractivity contribution is 0.440. The van der Waals surface area contributed by atoms with Gasteiger partial charge in [0.15, 0.2) is 0 Å². The van der Waals surface area contributed by atoms with Crippen LogP contribution in [0.4, 0.5) is 0 Å². The van der Waals surface area contributed by atoms with E-state index in [0.717, 1.165) is 31.2 Å². The molecule has 1 heterocycles. The Hall–Kier alpha value is -1.68. The topological polar surface area (TPSA) is 42.7 Å². The number of nitrogens with zero attached hydrogens (tertiary/aromatic N) is 3. The maximum atomic E-state index is 4.46. The van der Waals surface area contributed by atoms with Crippen LogP contribution >= 0.6 is 0 Å². The Bertz CT molecular complexity index is 542. The van der Waals surface area contributed by atoms with Crippen LogP contribution in [0.25, 0.3) is 0 Å². The molecule has 0 aliphatic carbocycles. The molecule has 1 atom stereocenters. The Balaban J connectivity index is 2.19. The van der Waals surface area contributed by atoms with E-state index < -0.39 is 0 Å². The van der Waals surface area contributed by atoms with Gasteiger partial charge >= 0.3 is 0 Å². The second-order valence-electron chi connectivity index (χ2n) is 5.09. The molecule has 0 radical (unpaired) electrons. The second-order valence-corrected chi connectivity index (χ2v) is 5.09. The normalized spacial score (nSPS) is 12.6. The fourth-order valence-electron chi connectivity index (χ4n) is 2.43. The number of likely N-dealkylation sites (N-methyl/N-ethyl adjacent to an activating group) is 1. The van der Waals surface area contributed by atoms with Crippen molar-refractivity contribution in [2.45, 2.75) is 46.7 Å². The van der Waals surface area contributed by atoms with Crippen molar-refractivity contribution in [3.05, 3.63) is 47.0 Å². The number of nitrogens with one attached hydrogen (secondary N) is 1. The van der Waals surface area contributed by atoms with Crippen LogP contribution in [0.3, 0.4) is 0 Å². The maximum Gasteiger partial charge on any atom is 0.147 e. The first kappa shape index (κ1) is 14.7. The van der Waals surface area contributed by atoms with Gasteiger partial charge < -0.3 is 5.32 Å². The zero-order valence-electron chi connectivity index (χ0n) is 12.8. The van der Waals surface area contributed by atoms with E-state index in [1.165, 1.54) is 11.1 Å². The molecule has 1 aromatic carbocycles. The van der Waals surface area contributed by atoms with Gasteiger partial charge in [0.05, 0.1) is 12.6 Å². The lowest BCUT2D eigenvalue weighted by Gasteiger charge is -2.19. The zero-order chi connectivity index (χ0) is 14.5. The highest BCUT2D eigenvalue weighted by Gasteiger charge is 2.13. The summed E-state index contributed by atoms with van der Waals surface area (Å²) in [6.07, 6.45) is 1.08. The molecule has 4 nitrogen and oxygen atoms in total. The standard InChI is InChI=1S/C16H24N4/c1-5-14-7-9-15(10-8-14)16(17-6-2)11-20-13(4)18-12(3)19-20/h7-10,16-17H,5-6,11H2,1-4H3. The van der Waals surface area contributed by atoms with Crippen molar-refractivity contribution in [1.82, 2.24) is 20.1 Å². The van der Waals surface area contributed by atoms with Crippen LogP contribution in [-0.4, -0.2) is 21.3 Å². The Kier molecular flexibility index (Phi) is 4.90. The highest BCUT2D eigenvalue weighted by molar-refractivity contribution is 5.25. The molecule has 2 rings (SSSR count). The van der Waals surface area contributed by atoms with E-state index >= 15 is 0 Å². The average Bonchev–Trinajstić information content (AvgIpc) is 2.76. The molecular weight excluding hydrogens is 248 g/mol. The van der Waals surface area contributed by atoms with Crippen LogP contribution in [0.15, 0.2) is 24.3 Å². The largest absolute Gasteiger partial charge is 0.309 e. The van der Waals surface area contributed by atoms with Crippen molar-refractivity contribution >= 4 is 0 Å². The minimum absolute atomic E-state index is 0.269. The van der Waals surface area contributed by atoms with Crippen LogP contribution < -0.4 is 5.32 Å². The smallest absolute Gasteiger partial charge is 0.147 e. The first-order chi connectivity index (χ1) is 9.63. The van der Waals surface area contributed by atoms with E-state index in [0.29, 0.717) is 0 Å². The summed E-state index contributed by atoms with van der Waals surface area (Å²) in [5, 5.41) is 7.99. The van der Waals surface area contributed by atoms with Crippen molar-refractivity contribution in [3.8, 4) is 0 Å². The van der Waals surface area contributed by atoms with E-state index in [4.69, 9.17) is 0 Å². The summed E-state index contributed by atoms with van der Waals surface area (Å²) in [4.78, 5) is 4.37. The average molecular weight is 272 g/mol. The summed E-state index contributed by atoms with van der Waals surface area (Å²) in [5.74, 6) is 1.80. The SMILES string of the molecule is CCNC(Cn1nc(C)nc1C)c1ccc(CC)cc1. The van der Waals surface area contributed by atoms with Crippen LogP contribution in [0.2, 0.25) is 0 Å². The van der Waals surface area contributed by atoms with E-state index in [1.807, 2.05) is 18.5 Å². The molecule has 0 spiro atoms. The molecule has 1 unspecified atom stereocenters. The minimum Gasteiger partial charge on any atom is -0.309 e. The molecule has 2 aromatic rings. The van der Waals surface area contributed by atoms with Gasteiger partial charge in [-0.25, -0.2) is 9.67 Å². The summed E-state index contributed by atoms with van der Waals surface area (Å²) in [5.41, 5.74) is 2.67. The van der Waals surface area contributed by atoms with Gasteiger partial charge in [-0.05, 0) is 37.9 Å². The number of hydrogen-bond acceptors (Lipinski definition) is 3. The number of hydrogen-bond donors (Lipinski definition) is 1. The third-order valence-electron chi connectivity index (χ3n) is 3.56. The molecule has 1 N–H and O–H groups in total. The minimum atomic E-state index is 0.269. The molecule has 0 saturated carbocycles. The van der Waals surface area contributed by atoms with Gasteiger partial charge in [0.2, 0.25) is 0 Å². The molecule has 0 fully saturated rings. The highest BCUT2D eigenvalue weighted by atomic mass is 15.3. The Morgan fingerprint density at radius 2 is 1.85 bits per heavy atom. The first-order valence-corrected chi connectivity index (χ1v) is 7.34. The van der Waals surface area contributed by atoms with E-state index in [9.17, 15) is 0 Å². The van der Waals surface area contributed by atoms with Gasteiger partial charge in [-0.1, -0.05) is 38.1 Å². The molecular formula is C16H24N4. The molecule has 0 bridgehead atoms. The third-order valence-corrected chi connectivity index (χ3v) is 3.56. The second kappa shape index (κ2) is 6.66. The fourth-order valence-corrected chi connectivity index (χ4v) is 2.43. The molecule has 4 heteroatoms. The van der Waals surface area contributed by atoms with Crippen LogP contribution in [0.5, 0.6) is 0 Å². The molecule has 1 aromatic heterocycles. The lowest BCUT2D eigenvalue weighted by Crippen LogP contribution is -2.26. The molecule has 0 aliphatic rings. The quantitative estimate of drug-likeness (QED) is 0.879. The van der Waals surface area contributed by atoms with Gasteiger partial charge in [-0.15, -0.1) is 0 Å².